The van der Waals surface area contributed by atoms with E-state index >= 15 is 0 Å². The van der Waals surface area contributed by atoms with E-state index in [2.05, 4.69) is 58.9 Å². The molecule has 3 N–H and O–H groups in total. The van der Waals surface area contributed by atoms with Crippen LogP contribution in [0.5, 0.6) is 0 Å². The number of ether oxygens (including phenoxy) is 2. The maximum Gasteiger partial charge on any atom is 0.309 e. The number of carboxylic acid groups (broad SMARTS) is 1. The van der Waals surface area contributed by atoms with Gasteiger partial charge in [0.15, 0.2) is 5.79 Å². The molecule has 13 atom stereocenters. The van der Waals surface area contributed by atoms with Crippen molar-refractivity contribution in [3.05, 3.63) is 35.4 Å². The van der Waals surface area contributed by atoms with Gasteiger partial charge in [-0.3, -0.25) is 4.79 Å². The van der Waals surface area contributed by atoms with Crippen LogP contribution < -0.4 is 0 Å². The summed E-state index contributed by atoms with van der Waals surface area (Å²) in [6.45, 7) is 14.9. The molecule has 256 valence electrons. The number of hydrogen-bond acceptors (Lipinski definition) is 5. The summed E-state index contributed by atoms with van der Waals surface area (Å²) in [7, 11) is 1.73. The quantitative estimate of drug-likeness (QED) is 0.301. The van der Waals surface area contributed by atoms with E-state index < -0.39 is 23.3 Å². The van der Waals surface area contributed by atoms with Gasteiger partial charge in [-0.1, -0.05) is 58.9 Å². The van der Waals surface area contributed by atoms with E-state index in [0.29, 0.717) is 18.4 Å². The number of hydrogen-bond donors (Lipinski definition) is 3. The van der Waals surface area contributed by atoms with Gasteiger partial charge in [-0.05, 0) is 128 Å². The Morgan fingerprint density at radius 2 is 1.52 bits per heavy atom. The lowest BCUT2D eigenvalue weighted by Crippen LogP contribution is -2.71. The average Bonchev–Trinajstić information content (AvgIpc) is 3.12. The number of aliphatic hydroxyl groups excluding tert-OH is 1. The van der Waals surface area contributed by atoms with E-state index in [1.54, 1.807) is 7.11 Å². The minimum atomic E-state index is -1.30. The summed E-state index contributed by atoms with van der Waals surface area (Å²) in [6.07, 6.45) is 10.2. The molecule has 46 heavy (non-hydrogen) atoms. The third-order valence-corrected chi connectivity index (χ3v) is 16.8. The van der Waals surface area contributed by atoms with Crippen LogP contribution in [0, 0.1) is 56.2 Å². The van der Waals surface area contributed by atoms with Crippen LogP contribution in [0.2, 0.25) is 0 Å². The number of carboxylic acids is 1. The molecule has 6 aliphatic rings. The van der Waals surface area contributed by atoms with E-state index in [0.717, 1.165) is 64.2 Å². The summed E-state index contributed by atoms with van der Waals surface area (Å²) in [4.78, 5) is 12.6. The number of carbonyl (C=O) groups is 1. The molecule has 6 heteroatoms. The van der Waals surface area contributed by atoms with Crippen molar-refractivity contribution in [2.75, 3.05) is 13.7 Å². The second-order valence-corrected chi connectivity index (χ2v) is 18.5. The zero-order chi connectivity index (χ0) is 33.1. The zero-order valence-electron chi connectivity index (χ0n) is 29.5. The van der Waals surface area contributed by atoms with E-state index in [1.165, 1.54) is 17.5 Å². The smallest absolute Gasteiger partial charge is 0.309 e. The van der Waals surface area contributed by atoms with Crippen LogP contribution in [0.25, 0.3) is 0 Å². The molecule has 1 spiro atoms. The topological polar surface area (TPSA) is 96.2 Å². The summed E-state index contributed by atoms with van der Waals surface area (Å²) in [5, 5.41) is 34.4. The third kappa shape index (κ3) is 4.24. The Kier molecular flexibility index (Phi) is 7.55. The Morgan fingerprint density at radius 3 is 2.20 bits per heavy atom. The van der Waals surface area contributed by atoms with Crippen molar-refractivity contribution in [1.29, 1.82) is 0 Å². The molecule has 7 rings (SSSR count). The van der Waals surface area contributed by atoms with Crippen LogP contribution in [0.4, 0.5) is 0 Å². The number of benzene rings is 1. The third-order valence-electron chi connectivity index (χ3n) is 16.8. The molecule has 0 radical (unpaired) electrons. The van der Waals surface area contributed by atoms with Crippen molar-refractivity contribution in [3.63, 3.8) is 0 Å². The highest BCUT2D eigenvalue weighted by Gasteiger charge is 2.77. The molecule has 5 saturated carbocycles. The minimum absolute atomic E-state index is 0.0489. The molecule has 1 heterocycles. The van der Waals surface area contributed by atoms with Gasteiger partial charge in [0.1, 0.15) is 0 Å². The second kappa shape index (κ2) is 10.5. The maximum atomic E-state index is 12.6. The molecule has 0 unspecified atom stereocenters. The molecule has 0 aromatic heterocycles. The molecule has 6 nitrogen and oxygen atoms in total. The van der Waals surface area contributed by atoms with Gasteiger partial charge < -0.3 is 24.8 Å². The Morgan fingerprint density at radius 1 is 0.891 bits per heavy atom. The van der Waals surface area contributed by atoms with Crippen molar-refractivity contribution in [2.45, 2.75) is 137 Å². The van der Waals surface area contributed by atoms with Crippen LogP contribution in [-0.4, -0.2) is 53.0 Å². The fourth-order valence-electron chi connectivity index (χ4n) is 13.9. The standard InChI is InChI=1S/C40H60O6/c1-25-39-14-12-29-36(4,18-20-38(6)30-24-35(3,33(42)43)16-15-34(30,2)17-19-37(29,38)5)32(39)28(41)23-40(25,44)46-31(39)22-27-10-8-26(9-11-27)13-21-45-7/h8-11,25,28-32,41,44H,12-24H2,1-7H3,(H,42,43)/t25-,28+,29+,30-,31+,32+,34-,35-,36-,37-,38+,39-,40+/m1/s1. The average molecular weight is 637 g/mol. The molecule has 5 aliphatic carbocycles. The molecular weight excluding hydrogens is 576 g/mol. The molecule has 6 fully saturated rings. The van der Waals surface area contributed by atoms with Gasteiger partial charge in [0.05, 0.1) is 24.2 Å². The van der Waals surface area contributed by atoms with Crippen LogP contribution in [0.1, 0.15) is 117 Å². The van der Waals surface area contributed by atoms with Gasteiger partial charge in [-0.15, -0.1) is 0 Å². The Hall–Kier alpha value is -1.47. The molecule has 1 saturated heterocycles. The first-order valence-corrected chi connectivity index (χ1v) is 18.4. The van der Waals surface area contributed by atoms with E-state index in [9.17, 15) is 20.1 Å². The van der Waals surface area contributed by atoms with E-state index in [1.807, 2.05) is 6.92 Å². The molecule has 1 aliphatic heterocycles. The highest BCUT2D eigenvalue weighted by molar-refractivity contribution is 5.74. The molecule has 0 amide bonds. The lowest BCUT2D eigenvalue weighted by Gasteiger charge is -2.75. The first-order chi connectivity index (χ1) is 21.5. The summed E-state index contributed by atoms with van der Waals surface area (Å²) < 4.78 is 12.0. The van der Waals surface area contributed by atoms with Gasteiger partial charge in [0, 0.05) is 24.9 Å². The number of methoxy groups -OCH3 is 1. The first-order valence-electron chi connectivity index (χ1n) is 18.4. The molecule has 1 aromatic carbocycles. The summed E-state index contributed by atoms with van der Waals surface area (Å²) in [5.41, 5.74) is 1.73. The van der Waals surface area contributed by atoms with Crippen molar-refractivity contribution in [1.82, 2.24) is 0 Å². The lowest BCUT2D eigenvalue weighted by atomic mass is 9.29. The minimum Gasteiger partial charge on any atom is -0.481 e. The first kappa shape index (κ1) is 33.0. The van der Waals surface area contributed by atoms with E-state index in [4.69, 9.17) is 9.47 Å². The van der Waals surface area contributed by atoms with Gasteiger partial charge in [-0.25, -0.2) is 0 Å². The van der Waals surface area contributed by atoms with Crippen molar-refractivity contribution in [3.8, 4) is 0 Å². The fourth-order valence-corrected chi connectivity index (χ4v) is 13.9. The highest BCUT2D eigenvalue weighted by Crippen LogP contribution is 2.80. The van der Waals surface area contributed by atoms with Crippen LogP contribution in [0.15, 0.2) is 24.3 Å². The van der Waals surface area contributed by atoms with Crippen molar-refractivity contribution >= 4 is 5.97 Å². The van der Waals surface area contributed by atoms with Gasteiger partial charge in [0.2, 0.25) is 0 Å². The summed E-state index contributed by atoms with van der Waals surface area (Å²) in [6, 6.07) is 8.80. The SMILES string of the molecule is COCCc1ccc(C[C@@H]2O[C@@]3(O)C[C@H](O)[C@H]4[C@]5(C)CC[C@@]6(C)[C@@H]7C[C@](C)(C(=O)O)CC[C@]7(C)CC[C@]6(C)[C@H]5CC[C@@]24[C@H]3C)cc1. The molecule has 1 aromatic rings. The largest absolute Gasteiger partial charge is 0.481 e. The van der Waals surface area contributed by atoms with Crippen LogP contribution in [0.3, 0.4) is 0 Å². The predicted molar refractivity (Wildman–Crippen MR) is 178 cm³/mol. The normalized spacial score (nSPS) is 52.6. The number of rotatable bonds is 6. The monoisotopic (exact) mass is 636 g/mol. The summed E-state index contributed by atoms with van der Waals surface area (Å²) >= 11 is 0. The van der Waals surface area contributed by atoms with Gasteiger partial charge >= 0.3 is 5.97 Å². The second-order valence-electron chi connectivity index (χ2n) is 18.5. The van der Waals surface area contributed by atoms with Crippen molar-refractivity contribution in [2.24, 2.45) is 56.2 Å². The number of aliphatic carboxylic acids is 1. The number of aliphatic hydroxyl groups is 2. The molecule has 2 bridgehead atoms. The Bertz CT molecular complexity index is 1360. The van der Waals surface area contributed by atoms with E-state index in [-0.39, 0.29) is 51.4 Å². The predicted octanol–water partition coefficient (Wildman–Crippen LogP) is 7.42. The molecular formula is C40H60O6. The van der Waals surface area contributed by atoms with Crippen molar-refractivity contribution < 1.29 is 29.6 Å². The van der Waals surface area contributed by atoms with Gasteiger partial charge in [0.25, 0.3) is 0 Å². The fraction of sp³-hybridized carbons (Fsp3) is 0.825. The lowest BCUT2D eigenvalue weighted by molar-refractivity contribution is -0.286. The zero-order valence-corrected chi connectivity index (χ0v) is 29.5. The Labute approximate surface area is 277 Å². The number of fused-ring (bicyclic) bond motifs is 7. The Balaban J connectivity index is 1.24. The maximum absolute atomic E-state index is 12.6. The van der Waals surface area contributed by atoms with Crippen LogP contribution >= 0.6 is 0 Å². The van der Waals surface area contributed by atoms with Crippen LogP contribution in [-0.2, 0) is 27.1 Å². The highest BCUT2D eigenvalue weighted by atomic mass is 16.6. The summed E-state index contributed by atoms with van der Waals surface area (Å²) in [5.74, 6) is -1.12. The van der Waals surface area contributed by atoms with Gasteiger partial charge in [-0.2, -0.15) is 0 Å².